The number of hydrogen-bond acceptors (Lipinski definition) is 7. The van der Waals surface area contributed by atoms with Crippen molar-refractivity contribution in [2.45, 2.75) is 11.8 Å². The zero-order valence-corrected chi connectivity index (χ0v) is 16.9. The number of ether oxygens (including phenoxy) is 3. The number of methoxy groups -OCH3 is 3. The highest BCUT2D eigenvalue weighted by molar-refractivity contribution is 7.89. The smallest absolute Gasteiger partial charge is 0.330 e. The molecule has 150 valence electrons. The second-order valence-corrected chi connectivity index (χ2v) is 7.86. The van der Waals surface area contributed by atoms with E-state index in [4.69, 9.17) is 9.47 Å². The summed E-state index contributed by atoms with van der Waals surface area (Å²) in [5.41, 5.74) is 0.490. The Balaban J connectivity index is 2.46. The predicted molar refractivity (Wildman–Crippen MR) is 101 cm³/mol. The zero-order valence-electron chi connectivity index (χ0n) is 16.1. The third kappa shape index (κ3) is 4.79. The molecule has 2 rings (SSSR count). The van der Waals surface area contributed by atoms with E-state index >= 15 is 0 Å². The van der Waals surface area contributed by atoms with Gasteiger partial charge in [-0.1, -0.05) is 6.92 Å². The molecule has 1 saturated heterocycles. The lowest BCUT2D eigenvalue weighted by Gasteiger charge is -2.33. The van der Waals surface area contributed by atoms with E-state index in [-0.39, 0.29) is 16.4 Å². The fourth-order valence-electron chi connectivity index (χ4n) is 2.90. The highest BCUT2D eigenvalue weighted by Gasteiger charge is 2.32. The number of nitrogens with zero attached hydrogens (tertiary/aromatic N) is 2. The number of esters is 1. The minimum absolute atomic E-state index is 0.0128. The molecule has 1 aromatic rings. The Labute approximate surface area is 160 Å². The SMILES string of the molecule is CCN1CCN(S(=O)(=O)c2cc(/C=C/C(=O)OC)cc(OC)c2OC)CC1. The Kier molecular flexibility index (Phi) is 7.23. The van der Waals surface area contributed by atoms with E-state index in [2.05, 4.69) is 16.6 Å². The van der Waals surface area contributed by atoms with Gasteiger partial charge in [0.1, 0.15) is 4.90 Å². The van der Waals surface area contributed by atoms with E-state index in [0.717, 1.165) is 6.54 Å². The summed E-state index contributed by atoms with van der Waals surface area (Å²) in [7, 11) is 0.318. The number of benzene rings is 1. The summed E-state index contributed by atoms with van der Waals surface area (Å²) < 4.78 is 43.1. The van der Waals surface area contributed by atoms with Crippen molar-refractivity contribution in [2.24, 2.45) is 0 Å². The molecule has 27 heavy (non-hydrogen) atoms. The Morgan fingerprint density at radius 3 is 2.30 bits per heavy atom. The first-order chi connectivity index (χ1) is 12.9. The van der Waals surface area contributed by atoms with E-state index < -0.39 is 16.0 Å². The van der Waals surface area contributed by atoms with Gasteiger partial charge >= 0.3 is 5.97 Å². The van der Waals surface area contributed by atoms with Gasteiger partial charge in [0, 0.05) is 32.3 Å². The van der Waals surface area contributed by atoms with Gasteiger partial charge < -0.3 is 19.1 Å². The summed E-state index contributed by atoms with van der Waals surface area (Å²) in [6, 6.07) is 3.08. The van der Waals surface area contributed by atoms with Crippen molar-refractivity contribution in [3.8, 4) is 11.5 Å². The van der Waals surface area contributed by atoms with Gasteiger partial charge in [0.2, 0.25) is 10.0 Å². The maximum atomic E-state index is 13.2. The third-order valence-electron chi connectivity index (χ3n) is 4.48. The number of sulfonamides is 1. The van der Waals surface area contributed by atoms with Crippen molar-refractivity contribution >= 4 is 22.1 Å². The second-order valence-electron chi connectivity index (χ2n) is 5.95. The maximum absolute atomic E-state index is 13.2. The van der Waals surface area contributed by atoms with E-state index in [1.165, 1.54) is 43.9 Å². The average molecular weight is 398 g/mol. The molecule has 1 aliphatic heterocycles. The van der Waals surface area contributed by atoms with E-state index in [1.54, 1.807) is 6.07 Å². The molecule has 9 heteroatoms. The van der Waals surface area contributed by atoms with Crippen LogP contribution in [0.3, 0.4) is 0 Å². The van der Waals surface area contributed by atoms with Crippen LogP contribution in [0, 0.1) is 0 Å². The van der Waals surface area contributed by atoms with Crippen LogP contribution in [0.1, 0.15) is 12.5 Å². The molecule has 0 aliphatic carbocycles. The fourth-order valence-corrected chi connectivity index (χ4v) is 4.52. The molecule has 0 unspecified atom stereocenters. The summed E-state index contributed by atoms with van der Waals surface area (Å²) in [5, 5.41) is 0. The van der Waals surface area contributed by atoms with E-state index in [9.17, 15) is 13.2 Å². The number of hydrogen-bond donors (Lipinski definition) is 0. The quantitative estimate of drug-likeness (QED) is 0.504. The highest BCUT2D eigenvalue weighted by atomic mass is 32.2. The topological polar surface area (TPSA) is 85.4 Å². The summed E-state index contributed by atoms with van der Waals surface area (Å²) in [6.07, 6.45) is 2.69. The van der Waals surface area contributed by atoms with E-state index in [0.29, 0.717) is 31.7 Å². The molecule has 0 spiro atoms. The number of carbonyl (C=O) groups is 1. The lowest BCUT2D eigenvalue weighted by molar-refractivity contribution is -0.134. The van der Waals surface area contributed by atoms with Gasteiger partial charge in [-0.15, -0.1) is 0 Å². The lowest BCUT2D eigenvalue weighted by Crippen LogP contribution is -2.48. The standard InChI is InChI=1S/C18H26N2O6S/c1-5-19-8-10-20(11-9-19)27(22,23)16-13-14(6-7-17(21)25-3)12-15(24-2)18(16)26-4/h6-7,12-13H,5,8-11H2,1-4H3/b7-6+. The monoisotopic (exact) mass is 398 g/mol. The van der Waals surface area contributed by atoms with Gasteiger partial charge in [0.25, 0.3) is 0 Å². The zero-order chi connectivity index (χ0) is 20.0. The van der Waals surface area contributed by atoms with Gasteiger partial charge in [0.15, 0.2) is 11.5 Å². The summed E-state index contributed by atoms with van der Waals surface area (Å²) >= 11 is 0. The van der Waals surface area contributed by atoms with Gasteiger partial charge in [-0.3, -0.25) is 0 Å². The van der Waals surface area contributed by atoms with Crippen molar-refractivity contribution in [2.75, 3.05) is 54.1 Å². The molecule has 0 atom stereocenters. The number of rotatable bonds is 7. The Morgan fingerprint density at radius 1 is 1.11 bits per heavy atom. The Bertz CT molecular complexity index is 798. The van der Waals surface area contributed by atoms with Crippen LogP contribution >= 0.6 is 0 Å². The Morgan fingerprint density at radius 2 is 1.78 bits per heavy atom. The first kappa shape index (κ1) is 21.2. The van der Waals surface area contributed by atoms with Gasteiger partial charge in [-0.25, -0.2) is 13.2 Å². The van der Waals surface area contributed by atoms with Crippen LogP contribution in [0.5, 0.6) is 11.5 Å². The second kappa shape index (κ2) is 9.20. The normalized spacial score (nSPS) is 16.4. The Hall–Kier alpha value is -2.10. The number of carbonyl (C=O) groups excluding carboxylic acids is 1. The fraction of sp³-hybridized carbons (Fsp3) is 0.500. The molecule has 8 nitrogen and oxygen atoms in total. The van der Waals surface area contributed by atoms with Crippen LogP contribution < -0.4 is 9.47 Å². The third-order valence-corrected chi connectivity index (χ3v) is 6.38. The highest BCUT2D eigenvalue weighted by Crippen LogP contribution is 2.37. The molecular weight excluding hydrogens is 372 g/mol. The van der Waals surface area contributed by atoms with Gasteiger partial charge in [0.05, 0.1) is 21.3 Å². The van der Waals surface area contributed by atoms with Gasteiger partial charge in [-0.2, -0.15) is 4.31 Å². The van der Waals surface area contributed by atoms with Crippen molar-refractivity contribution in [3.05, 3.63) is 23.8 Å². The lowest BCUT2D eigenvalue weighted by atomic mass is 10.2. The van der Waals surface area contributed by atoms with Crippen LogP contribution in [0.15, 0.2) is 23.1 Å². The largest absolute Gasteiger partial charge is 0.493 e. The molecule has 1 aliphatic rings. The maximum Gasteiger partial charge on any atom is 0.330 e. The van der Waals surface area contributed by atoms with Crippen molar-refractivity contribution in [1.82, 2.24) is 9.21 Å². The van der Waals surface area contributed by atoms with Crippen LogP contribution in [-0.2, 0) is 19.6 Å². The van der Waals surface area contributed by atoms with Crippen LogP contribution in [0.25, 0.3) is 6.08 Å². The minimum atomic E-state index is -3.78. The van der Waals surface area contributed by atoms with E-state index in [1.807, 2.05) is 0 Å². The molecule has 1 fully saturated rings. The van der Waals surface area contributed by atoms with Crippen molar-refractivity contribution in [3.63, 3.8) is 0 Å². The van der Waals surface area contributed by atoms with Crippen molar-refractivity contribution in [1.29, 1.82) is 0 Å². The van der Waals surface area contributed by atoms with Gasteiger partial charge in [-0.05, 0) is 30.3 Å². The predicted octanol–water partition coefficient (Wildman–Crippen LogP) is 1.22. The molecule has 0 N–H and O–H groups in total. The molecular formula is C18H26N2O6S. The molecule has 0 saturated carbocycles. The summed E-state index contributed by atoms with van der Waals surface area (Å²) in [5.74, 6) is -0.120. The van der Waals surface area contributed by atoms with Crippen LogP contribution in [0.2, 0.25) is 0 Å². The molecule has 1 aromatic carbocycles. The van der Waals surface area contributed by atoms with Crippen molar-refractivity contribution < 1.29 is 27.4 Å². The molecule has 0 amide bonds. The molecule has 1 heterocycles. The number of piperazine rings is 1. The molecule has 0 aromatic heterocycles. The van der Waals surface area contributed by atoms with Crippen LogP contribution in [-0.4, -0.2) is 77.6 Å². The van der Waals surface area contributed by atoms with Crippen LogP contribution in [0.4, 0.5) is 0 Å². The first-order valence-electron chi connectivity index (χ1n) is 8.61. The first-order valence-corrected chi connectivity index (χ1v) is 10.1. The molecule has 0 bridgehead atoms. The average Bonchev–Trinajstić information content (AvgIpc) is 2.70. The summed E-state index contributed by atoms with van der Waals surface area (Å²) in [6.45, 7) is 5.11. The minimum Gasteiger partial charge on any atom is -0.493 e. The number of likely N-dealkylation sites (N-methyl/N-ethyl adjacent to an activating group) is 1. The molecule has 0 radical (unpaired) electrons. The summed E-state index contributed by atoms with van der Waals surface area (Å²) in [4.78, 5) is 13.6.